The highest BCUT2D eigenvalue weighted by Gasteiger charge is 2.36. The van der Waals surface area contributed by atoms with E-state index in [1.54, 1.807) is 0 Å². The molecule has 1 aliphatic carbocycles. The van der Waals surface area contributed by atoms with Gasteiger partial charge in [-0.25, -0.2) is 13.1 Å². The van der Waals surface area contributed by atoms with Crippen LogP contribution in [0.1, 0.15) is 32.6 Å². The first-order valence-electron chi connectivity index (χ1n) is 5.74. The highest BCUT2D eigenvalue weighted by molar-refractivity contribution is 7.89. The van der Waals surface area contributed by atoms with E-state index < -0.39 is 15.6 Å². The monoisotopic (exact) mass is 251 g/mol. The molecule has 0 atom stereocenters. The minimum Gasteiger partial charge on any atom is -0.394 e. The Balaban J connectivity index is 2.50. The van der Waals surface area contributed by atoms with Gasteiger partial charge in [0.25, 0.3) is 0 Å². The third-order valence-corrected chi connectivity index (χ3v) is 4.38. The maximum absolute atomic E-state index is 11.7. The van der Waals surface area contributed by atoms with Gasteiger partial charge in [-0.15, -0.1) is 0 Å². The van der Waals surface area contributed by atoms with E-state index in [-0.39, 0.29) is 19.0 Å². The zero-order valence-electron chi connectivity index (χ0n) is 9.74. The third kappa shape index (κ3) is 4.01. The summed E-state index contributed by atoms with van der Waals surface area (Å²) in [6.45, 7) is 2.42. The van der Waals surface area contributed by atoms with Gasteiger partial charge in [-0.1, -0.05) is 12.8 Å². The van der Waals surface area contributed by atoms with Gasteiger partial charge >= 0.3 is 0 Å². The lowest BCUT2D eigenvalue weighted by Crippen LogP contribution is -2.50. The van der Waals surface area contributed by atoms with E-state index in [1.165, 1.54) is 0 Å². The molecule has 1 rings (SSSR count). The molecule has 0 aliphatic heterocycles. The average Bonchev–Trinajstić information content (AvgIpc) is 2.66. The smallest absolute Gasteiger partial charge is 0.214 e. The van der Waals surface area contributed by atoms with E-state index in [0.29, 0.717) is 6.61 Å². The van der Waals surface area contributed by atoms with Crippen molar-refractivity contribution in [3.63, 3.8) is 0 Å². The van der Waals surface area contributed by atoms with Crippen LogP contribution < -0.4 is 4.72 Å². The largest absolute Gasteiger partial charge is 0.394 e. The lowest BCUT2D eigenvalue weighted by Gasteiger charge is -2.27. The minimum atomic E-state index is -3.34. The summed E-state index contributed by atoms with van der Waals surface area (Å²) in [6.07, 6.45) is 3.37. The van der Waals surface area contributed by atoms with Crippen LogP contribution in [0.2, 0.25) is 0 Å². The highest BCUT2D eigenvalue weighted by atomic mass is 32.2. The molecule has 0 unspecified atom stereocenters. The van der Waals surface area contributed by atoms with Crippen LogP contribution in [0.25, 0.3) is 0 Å². The van der Waals surface area contributed by atoms with Gasteiger partial charge in [-0.3, -0.25) is 0 Å². The number of aliphatic hydroxyl groups excluding tert-OH is 1. The SMILES string of the molecule is CCOCCS(=O)(=O)NC1(CO)CCCC1. The molecule has 5 nitrogen and oxygen atoms in total. The molecule has 0 spiro atoms. The second-order valence-electron chi connectivity index (χ2n) is 4.26. The van der Waals surface area contributed by atoms with E-state index in [2.05, 4.69) is 4.72 Å². The summed E-state index contributed by atoms with van der Waals surface area (Å²) >= 11 is 0. The molecular formula is C10H21NO4S. The topological polar surface area (TPSA) is 75.6 Å². The average molecular weight is 251 g/mol. The van der Waals surface area contributed by atoms with E-state index in [0.717, 1.165) is 25.7 Å². The van der Waals surface area contributed by atoms with Gasteiger partial charge in [0.1, 0.15) is 0 Å². The van der Waals surface area contributed by atoms with Gasteiger partial charge in [-0.2, -0.15) is 0 Å². The van der Waals surface area contributed by atoms with E-state index in [4.69, 9.17) is 4.74 Å². The van der Waals surface area contributed by atoms with Gasteiger partial charge in [-0.05, 0) is 19.8 Å². The number of sulfonamides is 1. The Morgan fingerprint density at radius 1 is 1.38 bits per heavy atom. The first-order valence-corrected chi connectivity index (χ1v) is 7.39. The molecule has 0 heterocycles. The number of ether oxygens (including phenoxy) is 1. The summed E-state index contributed by atoms with van der Waals surface area (Å²) in [5.74, 6) is -0.0391. The Morgan fingerprint density at radius 3 is 2.50 bits per heavy atom. The van der Waals surface area contributed by atoms with E-state index >= 15 is 0 Å². The van der Waals surface area contributed by atoms with E-state index in [9.17, 15) is 13.5 Å². The standard InChI is InChI=1S/C10H21NO4S/c1-2-15-7-8-16(13,14)11-10(9-12)5-3-4-6-10/h11-12H,2-9H2,1H3. The molecule has 2 N–H and O–H groups in total. The fourth-order valence-corrected chi connectivity index (χ4v) is 3.41. The van der Waals surface area contributed by atoms with Crippen LogP contribution in [0.15, 0.2) is 0 Å². The molecule has 1 saturated carbocycles. The van der Waals surface area contributed by atoms with Crippen molar-refractivity contribution in [2.24, 2.45) is 0 Å². The first-order chi connectivity index (χ1) is 7.54. The Labute approximate surface area is 97.2 Å². The second kappa shape index (κ2) is 5.95. The van der Waals surface area contributed by atoms with Gasteiger partial charge < -0.3 is 9.84 Å². The van der Waals surface area contributed by atoms with Crippen LogP contribution in [-0.4, -0.2) is 44.6 Å². The van der Waals surface area contributed by atoms with Crippen LogP contribution in [0.5, 0.6) is 0 Å². The molecule has 0 bridgehead atoms. The number of hydrogen-bond acceptors (Lipinski definition) is 4. The summed E-state index contributed by atoms with van der Waals surface area (Å²) in [4.78, 5) is 0. The maximum Gasteiger partial charge on any atom is 0.214 e. The zero-order valence-corrected chi connectivity index (χ0v) is 10.6. The van der Waals surface area contributed by atoms with Gasteiger partial charge in [0.2, 0.25) is 10.0 Å². The summed E-state index contributed by atoms with van der Waals surface area (Å²) in [6, 6.07) is 0. The number of nitrogens with one attached hydrogen (secondary N) is 1. The highest BCUT2D eigenvalue weighted by Crippen LogP contribution is 2.29. The molecular weight excluding hydrogens is 230 g/mol. The van der Waals surface area contributed by atoms with Crippen molar-refractivity contribution in [2.75, 3.05) is 25.6 Å². The van der Waals surface area contributed by atoms with Gasteiger partial charge in [0.15, 0.2) is 0 Å². The third-order valence-electron chi connectivity index (χ3n) is 2.94. The van der Waals surface area contributed by atoms with Crippen molar-refractivity contribution in [1.29, 1.82) is 0 Å². The molecule has 0 saturated heterocycles. The van der Waals surface area contributed by atoms with Crippen molar-refractivity contribution >= 4 is 10.0 Å². The normalized spacial score (nSPS) is 20.1. The molecule has 0 radical (unpaired) electrons. The van der Waals surface area contributed by atoms with Crippen LogP contribution >= 0.6 is 0 Å². The molecule has 1 aliphatic rings. The molecule has 1 fully saturated rings. The van der Waals surface area contributed by atoms with Gasteiger partial charge in [0.05, 0.1) is 24.5 Å². The molecule has 96 valence electrons. The number of rotatable bonds is 7. The maximum atomic E-state index is 11.7. The second-order valence-corrected chi connectivity index (χ2v) is 6.11. The van der Waals surface area contributed by atoms with Crippen molar-refractivity contribution < 1.29 is 18.3 Å². The van der Waals surface area contributed by atoms with Crippen LogP contribution in [0, 0.1) is 0 Å². The Hall–Kier alpha value is -0.170. The summed E-state index contributed by atoms with van der Waals surface area (Å²) in [7, 11) is -3.34. The Bertz CT molecular complexity index is 296. The van der Waals surface area contributed by atoms with Crippen molar-refractivity contribution in [3.8, 4) is 0 Å². The minimum absolute atomic E-state index is 0.0391. The van der Waals surface area contributed by atoms with Crippen molar-refractivity contribution in [2.45, 2.75) is 38.1 Å². The predicted molar refractivity (Wildman–Crippen MR) is 61.7 cm³/mol. The molecule has 0 amide bonds. The van der Waals surface area contributed by atoms with Crippen LogP contribution in [0.3, 0.4) is 0 Å². The molecule has 6 heteroatoms. The zero-order chi connectivity index (χ0) is 12.1. The molecule has 0 aromatic rings. The first kappa shape index (κ1) is 13.9. The number of hydrogen-bond donors (Lipinski definition) is 2. The van der Waals surface area contributed by atoms with Crippen molar-refractivity contribution in [3.05, 3.63) is 0 Å². The summed E-state index contributed by atoms with van der Waals surface area (Å²) in [5, 5.41) is 9.29. The predicted octanol–water partition coefficient (Wildman–Crippen LogP) is 0.247. The molecule has 0 aromatic heterocycles. The fourth-order valence-electron chi connectivity index (χ4n) is 2.04. The Morgan fingerprint density at radius 2 is 2.00 bits per heavy atom. The summed E-state index contributed by atoms with van der Waals surface area (Å²) in [5.41, 5.74) is -0.620. The van der Waals surface area contributed by atoms with E-state index in [1.807, 2.05) is 6.92 Å². The molecule has 0 aromatic carbocycles. The lowest BCUT2D eigenvalue weighted by atomic mass is 10.0. The summed E-state index contributed by atoms with van der Waals surface area (Å²) < 4.78 is 31.1. The van der Waals surface area contributed by atoms with Crippen molar-refractivity contribution in [1.82, 2.24) is 4.72 Å². The fraction of sp³-hybridized carbons (Fsp3) is 1.00. The number of aliphatic hydroxyl groups is 1. The molecule has 16 heavy (non-hydrogen) atoms. The van der Waals surface area contributed by atoms with Crippen LogP contribution in [0.4, 0.5) is 0 Å². The quantitative estimate of drug-likeness (QED) is 0.636. The van der Waals surface area contributed by atoms with Gasteiger partial charge in [0, 0.05) is 6.61 Å². The lowest BCUT2D eigenvalue weighted by molar-refractivity contribution is 0.161. The Kier molecular flexibility index (Phi) is 5.17. The van der Waals surface area contributed by atoms with Crippen LogP contribution in [-0.2, 0) is 14.8 Å².